The predicted octanol–water partition coefficient (Wildman–Crippen LogP) is 2.34. The third-order valence-electron chi connectivity index (χ3n) is 4.05. The monoisotopic (exact) mass is 320 g/mol. The lowest BCUT2D eigenvalue weighted by Crippen LogP contribution is -2.39. The van der Waals surface area contributed by atoms with E-state index in [1.807, 2.05) is 26.0 Å². The lowest BCUT2D eigenvalue weighted by Gasteiger charge is -2.33. The standard InChI is InChI=1S/C15H20N4O2S/c1-11-7-3-4-9-14(11)22(20,21)19-10-6-5-8-13(19)15-16-12(2)17-18-15/h3-4,7,9,13H,5-6,8,10H2,1-2H3,(H,16,17,18)/t13-/m1/s1. The number of aromatic amines is 1. The Hall–Kier alpha value is -1.73. The average Bonchev–Trinajstić information content (AvgIpc) is 2.94. The molecule has 1 fully saturated rings. The summed E-state index contributed by atoms with van der Waals surface area (Å²) in [5, 5.41) is 6.98. The predicted molar refractivity (Wildman–Crippen MR) is 82.8 cm³/mol. The van der Waals surface area contributed by atoms with Crippen molar-refractivity contribution in [2.45, 2.75) is 44.0 Å². The molecule has 1 aromatic carbocycles. The van der Waals surface area contributed by atoms with Gasteiger partial charge in [0.05, 0.1) is 10.9 Å². The highest BCUT2D eigenvalue weighted by atomic mass is 32.2. The highest BCUT2D eigenvalue weighted by molar-refractivity contribution is 7.89. The average molecular weight is 320 g/mol. The molecular formula is C15H20N4O2S. The Balaban J connectivity index is 2.02. The first-order chi connectivity index (χ1) is 10.5. The summed E-state index contributed by atoms with van der Waals surface area (Å²) in [6.45, 7) is 4.15. The Bertz CT molecular complexity index is 769. The van der Waals surface area contributed by atoms with E-state index in [1.54, 1.807) is 16.4 Å². The van der Waals surface area contributed by atoms with Crippen LogP contribution in [0.5, 0.6) is 0 Å². The molecule has 0 amide bonds. The lowest BCUT2D eigenvalue weighted by molar-refractivity contribution is 0.247. The molecule has 0 saturated carbocycles. The van der Waals surface area contributed by atoms with E-state index in [0.29, 0.717) is 23.1 Å². The first-order valence-electron chi connectivity index (χ1n) is 7.46. The van der Waals surface area contributed by atoms with Gasteiger partial charge in [0.25, 0.3) is 0 Å². The number of rotatable bonds is 3. The van der Waals surface area contributed by atoms with Crippen molar-refractivity contribution in [2.24, 2.45) is 0 Å². The van der Waals surface area contributed by atoms with Crippen molar-refractivity contribution in [1.82, 2.24) is 19.5 Å². The smallest absolute Gasteiger partial charge is 0.244 e. The zero-order valence-corrected chi connectivity index (χ0v) is 13.6. The van der Waals surface area contributed by atoms with Gasteiger partial charge in [-0.1, -0.05) is 24.6 Å². The second-order valence-electron chi connectivity index (χ2n) is 5.67. The van der Waals surface area contributed by atoms with Crippen molar-refractivity contribution in [1.29, 1.82) is 0 Å². The Morgan fingerprint density at radius 3 is 2.68 bits per heavy atom. The first-order valence-corrected chi connectivity index (χ1v) is 8.90. The molecule has 1 aliphatic heterocycles. The molecule has 1 aromatic heterocycles. The van der Waals surface area contributed by atoms with E-state index < -0.39 is 10.0 Å². The molecule has 22 heavy (non-hydrogen) atoms. The molecule has 1 aliphatic rings. The fourth-order valence-corrected chi connectivity index (χ4v) is 4.81. The second-order valence-corrected chi connectivity index (χ2v) is 7.53. The third kappa shape index (κ3) is 2.66. The lowest BCUT2D eigenvalue weighted by atomic mass is 10.0. The minimum atomic E-state index is -3.54. The summed E-state index contributed by atoms with van der Waals surface area (Å²) in [6.07, 6.45) is 2.60. The van der Waals surface area contributed by atoms with Gasteiger partial charge in [-0.25, -0.2) is 13.4 Å². The zero-order valence-electron chi connectivity index (χ0n) is 12.8. The van der Waals surface area contributed by atoms with Gasteiger partial charge in [-0.05, 0) is 38.3 Å². The molecule has 0 bridgehead atoms. The van der Waals surface area contributed by atoms with Gasteiger partial charge >= 0.3 is 0 Å². The van der Waals surface area contributed by atoms with Gasteiger partial charge in [-0.15, -0.1) is 0 Å². The van der Waals surface area contributed by atoms with Crippen LogP contribution in [0.1, 0.15) is 42.5 Å². The van der Waals surface area contributed by atoms with Gasteiger partial charge < -0.3 is 0 Å². The Morgan fingerprint density at radius 2 is 2.00 bits per heavy atom. The zero-order chi connectivity index (χ0) is 15.7. The fourth-order valence-electron chi connectivity index (χ4n) is 2.93. The maximum atomic E-state index is 13.1. The number of sulfonamides is 1. The van der Waals surface area contributed by atoms with E-state index in [4.69, 9.17) is 0 Å². The molecule has 0 aliphatic carbocycles. The first kappa shape index (κ1) is 15.2. The van der Waals surface area contributed by atoms with Crippen LogP contribution in [0.2, 0.25) is 0 Å². The number of nitrogens with zero attached hydrogens (tertiary/aromatic N) is 3. The molecule has 0 radical (unpaired) electrons. The van der Waals surface area contributed by atoms with Gasteiger partial charge in [0.15, 0.2) is 5.82 Å². The van der Waals surface area contributed by atoms with Crippen molar-refractivity contribution in [3.8, 4) is 0 Å². The maximum absolute atomic E-state index is 13.1. The molecule has 3 rings (SSSR count). The fraction of sp³-hybridized carbons (Fsp3) is 0.467. The van der Waals surface area contributed by atoms with Crippen molar-refractivity contribution in [3.05, 3.63) is 41.5 Å². The normalized spacial score (nSPS) is 20.2. The van der Waals surface area contributed by atoms with Gasteiger partial charge in [0, 0.05) is 6.54 Å². The van der Waals surface area contributed by atoms with E-state index >= 15 is 0 Å². The van der Waals surface area contributed by atoms with Gasteiger partial charge in [0.2, 0.25) is 10.0 Å². The number of hydrogen-bond acceptors (Lipinski definition) is 4. The number of benzene rings is 1. The van der Waals surface area contributed by atoms with Crippen LogP contribution in [0.15, 0.2) is 29.2 Å². The minimum Gasteiger partial charge on any atom is -0.263 e. The largest absolute Gasteiger partial charge is 0.263 e. The Morgan fingerprint density at radius 1 is 1.23 bits per heavy atom. The number of hydrogen-bond donors (Lipinski definition) is 1. The van der Waals surface area contributed by atoms with Crippen LogP contribution in [0.3, 0.4) is 0 Å². The van der Waals surface area contributed by atoms with Gasteiger partial charge in [-0.3, -0.25) is 5.10 Å². The molecule has 7 heteroatoms. The highest BCUT2D eigenvalue weighted by Gasteiger charge is 2.36. The molecule has 1 atom stereocenters. The Kier molecular flexibility index (Phi) is 4.01. The summed E-state index contributed by atoms with van der Waals surface area (Å²) < 4.78 is 27.7. The topological polar surface area (TPSA) is 79.0 Å². The van der Waals surface area contributed by atoms with Crippen molar-refractivity contribution >= 4 is 10.0 Å². The van der Waals surface area contributed by atoms with Crippen molar-refractivity contribution in [3.63, 3.8) is 0 Å². The highest BCUT2D eigenvalue weighted by Crippen LogP contribution is 2.34. The summed E-state index contributed by atoms with van der Waals surface area (Å²) in [5.74, 6) is 1.27. The van der Waals surface area contributed by atoms with E-state index in [0.717, 1.165) is 24.8 Å². The van der Waals surface area contributed by atoms with E-state index in [-0.39, 0.29) is 6.04 Å². The van der Waals surface area contributed by atoms with Crippen LogP contribution >= 0.6 is 0 Å². The summed E-state index contributed by atoms with van der Waals surface area (Å²) >= 11 is 0. The number of nitrogens with one attached hydrogen (secondary N) is 1. The van der Waals surface area contributed by atoms with Crippen LogP contribution in [-0.2, 0) is 10.0 Å². The van der Waals surface area contributed by atoms with Crippen LogP contribution in [0, 0.1) is 13.8 Å². The number of H-pyrrole nitrogens is 1. The minimum absolute atomic E-state index is 0.289. The summed E-state index contributed by atoms with van der Waals surface area (Å²) in [5.41, 5.74) is 0.762. The van der Waals surface area contributed by atoms with Crippen molar-refractivity contribution in [2.75, 3.05) is 6.54 Å². The third-order valence-corrected chi connectivity index (χ3v) is 6.11. The molecule has 0 unspecified atom stereocenters. The number of aryl methyl sites for hydroxylation is 2. The molecule has 2 heterocycles. The number of aromatic nitrogens is 3. The van der Waals surface area contributed by atoms with E-state index in [1.165, 1.54) is 0 Å². The SMILES string of the molecule is Cc1nc([C@H]2CCCCN2S(=O)(=O)c2ccccc2C)n[nH]1. The molecule has 2 aromatic rings. The van der Waals surface area contributed by atoms with Crippen molar-refractivity contribution < 1.29 is 8.42 Å². The molecule has 1 saturated heterocycles. The van der Waals surface area contributed by atoms with Crippen LogP contribution in [0.25, 0.3) is 0 Å². The summed E-state index contributed by atoms with van der Waals surface area (Å²) in [6, 6.07) is 6.81. The summed E-state index contributed by atoms with van der Waals surface area (Å²) in [4.78, 5) is 4.71. The molecule has 1 N–H and O–H groups in total. The quantitative estimate of drug-likeness (QED) is 0.941. The summed E-state index contributed by atoms with van der Waals surface area (Å²) in [7, 11) is -3.54. The van der Waals surface area contributed by atoms with E-state index in [2.05, 4.69) is 15.2 Å². The maximum Gasteiger partial charge on any atom is 0.244 e. The molecular weight excluding hydrogens is 300 g/mol. The molecule has 0 spiro atoms. The van der Waals surface area contributed by atoms with Gasteiger partial charge in [-0.2, -0.15) is 9.40 Å². The van der Waals surface area contributed by atoms with Gasteiger partial charge in [0.1, 0.15) is 5.82 Å². The number of piperidine rings is 1. The molecule has 118 valence electrons. The van der Waals surface area contributed by atoms with Crippen LogP contribution in [0.4, 0.5) is 0 Å². The van der Waals surface area contributed by atoms with Crippen LogP contribution in [-0.4, -0.2) is 34.4 Å². The van der Waals surface area contributed by atoms with Crippen LogP contribution < -0.4 is 0 Å². The second kappa shape index (κ2) is 5.81. The van der Waals surface area contributed by atoms with E-state index in [9.17, 15) is 8.42 Å². The Labute approximate surface area is 130 Å². The molecule has 6 nitrogen and oxygen atoms in total.